The minimum atomic E-state index is -0.474. The van der Waals surface area contributed by atoms with Crippen molar-refractivity contribution in [3.8, 4) is 11.5 Å². The van der Waals surface area contributed by atoms with Crippen molar-refractivity contribution in [2.45, 2.75) is 13.8 Å². The lowest BCUT2D eigenvalue weighted by atomic mass is 10.1. The molecule has 4 rings (SSSR count). The van der Waals surface area contributed by atoms with Gasteiger partial charge in [-0.3, -0.25) is 14.4 Å². The standard InChI is InChI=1S/C25H22N2O5/c1-3-31-18-12-10-17(11-13-18)27-24(29)19-14-9-16(15-20(19)25(27)30)23(28)26-21-7-5-6-8-22(21)32-4-2/h5-15H,3-4H2,1-2H3,(H,26,28). The summed E-state index contributed by atoms with van der Waals surface area (Å²) in [7, 11) is 0. The molecule has 1 aliphatic rings. The van der Waals surface area contributed by atoms with Gasteiger partial charge >= 0.3 is 0 Å². The van der Waals surface area contributed by atoms with Crippen molar-refractivity contribution in [2.75, 3.05) is 23.4 Å². The largest absolute Gasteiger partial charge is 0.494 e. The molecule has 0 bridgehead atoms. The molecule has 3 aromatic rings. The van der Waals surface area contributed by atoms with Crippen molar-refractivity contribution in [3.05, 3.63) is 83.4 Å². The number of nitrogens with zero attached hydrogens (tertiary/aromatic N) is 1. The highest BCUT2D eigenvalue weighted by Gasteiger charge is 2.37. The van der Waals surface area contributed by atoms with Crippen LogP contribution in [0.3, 0.4) is 0 Å². The molecule has 0 radical (unpaired) electrons. The van der Waals surface area contributed by atoms with Gasteiger partial charge in [-0.2, -0.15) is 0 Å². The van der Waals surface area contributed by atoms with E-state index in [-0.39, 0.29) is 16.7 Å². The van der Waals surface area contributed by atoms with E-state index in [9.17, 15) is 14.4 Å². The van der Waals surface area contributed by atoms with Gasteiger partial charge in [-0.25, -0.2) is 4.90 Å². The fourth-order valence-electron chi connectivity index (χ4n) is 3.52. The SMILES string of the molecule is CCOc1ccc(N2C(=O)c3ccc(C(=O)Nc4ccccc4OCC)cc3C2=O)cc1. The van der Waals surface area contributed by atoms with Crippen LogP contribution in [0.1, 0.15) is 44.9 Å². The Hall–Kier alpha value is -4.13. The van der Waals surface area contributed by atoms with Crippen molar-refractivity contribution in [1.82, 2.24) is 0 Å². The molecule has 3 amide bonds. The minimum absolute atomic E-state index is 0.189. The zero-order valence-corrected chi connectivity index (χ0v) is 17.8. The van der Waals surface area contributed by atoms with Gasteiger partial charge in [-0.15, -0.1) is 0 Å². The molecule has 162 valence electrons. The van der Waals surface area contributed by atoms with Crippen LogP contribution in [-0.4, -0.2) is 30.9 Å². The topological polar surface area (TPSA) is 84.9 Å². The number of hydrogen-bond donors (Lipinski definition) is 1. The van der Waals surface area contributed by atoms with Crippen LogP contribution in [0, 0.1) is 0 Å². The normalized spacial score (nSPS) is 12.5. The molecule has 0 aliphatic carbocycles. The maximum absolute atomic E-state index is 13.0. The molecule has 0 spiro atoms. The fraction of sp³-hybridized carbons (Fsp3) is 0.160. The number of imide groups is 1. The van der Waals surface area contributed by atoms with Gasteiger partial charge in [0.2, 0.25) is 0 Å². The minimum Gasteiger partial charge on any atom is -0.494 e. The lowest BCUT2D eigenvalue weighted by molar-refractivity contribution is 0.0925. The summed E-state index contributed by atoms with van der Waals surface area (Å²) in [5.41, 5.74) is 1.68. The summed E-state index contributed by atoms with van der Waals surface area (Å²) in [6.07, 6.45) is 0. The summed E-state index contributed by atoms with van der Waals surface area (Å²) in [6, 6.07) is 18.3. The number of anilines is 2. The number of rotatable bonds is 7. The summed E-state index contributed by atoms with van der Waals surface area (Å²) >= 11 is 0. The molecule has 0 aromatic heterocycles. The molecular weight excluding hydrogens is 408 g/mol. The van der Waals surface area contributed by atoms with Crippen molar-refractivity contribution in [2.24, 2.45) is 0 Å². The number of benzene rings is 3. The van der Waals surface area contributed by atoms with E-state index in [1.54, 1.807) is 42.5 Å². The predicted molar refractivity (Wildman–Crippen MR) is 121 cm³/mol. The van der Waals surface area contributed by atoms with Crippen molar-refractivity contribution in [1.29, 1.82) is 0 Å². The number of carbonyl (C=O) groups is 3. The third kappa shape index (κ3) is 3.92. The highest BCUT2D eigenvalue weighted by atomic mass is 16.5. The molecule has 0 saturated heterocycles. The molecule has 1 aliphatic heterocycles. The number of ether oxygens (including phenoxy) is 2. The fourth-order valence-corrected chi connectivity index (χ4v) is 3.52. The highest BCUT2D eigenvalue weighted by Crippen LogP contribution is 2.31. The molecule has 7 nitrogen and oxygen atoms in total. The molecule has 0 fully saturated rings. The lowest BCUT2D eigenvalue weighted by Gasteiger charge is -2.14. The van der Waals surface area contributed by atoms with E-state index in [4.69, 9.17) is 9.47 Å². The number of carbonyl (C=O) groups excluding carboxylic acids is 3. The summed E-state index contributed by atoms with van der Waals surface area (Å²) in [5.74, 6) is -0.0994. The predicted octanol–water partition coefficient (Wildman–Crippen LogP) is 4.54. The second-order valence-electron chi connectivity index (χ2n) is 7.02. The van der Waals surface area contributed by atoms with Crippen LogP contribution in [0.4, 0.5) is 11.4 Å². The molecular formula is C25H22N2O5. The van der Waals surface area contributed by atoms with E-state index in [2.05, 4.69) is 5.32 Å². The van der Waals surface area contributed by atoms with Crippen LogP contribution in [-0.2, 0) is 0 Å². The number of nitrogens with one attached hydrogen (secondary N) is 1. The smallest absolute Gasteiger partial charge is 0.266 e. The molecule has 0 atom stereocenters. The van der Waals surface area contributed by atoms with E-state index in [0.717, 1.165) is 4.90 Å². The van der Waals surface area contributed by atoms with E-state index in [1.165, 1.54) is 18.2 Å². The summed E-state index contributed by atoms with van der Waals surface area (Å²) in [5, 5.41) is 2.80. The summed E-state index contributed by atoms with van der Waals surface area (Å²) in [4.78, 5) is 39.8. The Bertz CT molecular complexity index is 1190. The van der Waals surface area contributed by atoms with Crippen LogP contribution in [0.5, 0.6) is 11.5 Å². The maximum Gasteiger partial charge on any atom is 0.266 e. The lowest BCUT2D eigenvalue weighted by Crippen LogP contribution is -2.29. The first-order valence-electron chi connectivity index (χ1n) is 10.3. The second kappa shape index (κ2) is 8.93. The van der Waals surface area contributed by atoms with Crippen molar-refractivity contribution >= 4 is 29.1 Å². The number of para-hydroxylation sites is 2. The number of hydrogen-bond acceptors (Lipinski definition) is 5. The van der Waals surface area contributed by atoms with Crippen molar-refractivity contribution < 1.29 is 23.9 Å². The molecule has 7 heteroatoms. The Kier molecular flexibility index (Phi) is 5.89. The van der Waals surface area contributed by atoms with Crippen LogP contribution < -0.4 is 19.7 Å². The van der Waals surface area contributed by atoms with Crippen LogP contribution >= 0.6 is 0 Å². The van der Waals surface area contributed by atoms with Gasteiger partial charge in [0.05, 0.1) is 35.7 Å². The van der Waals surface area contributed by atoms with Crippen LogP contribution in [0.2, 0.25) is 0 Å². The molecule has 32 heavy (non-hydrogen) atoms. The second-order valence-corrected chi connectivity index (χ2v) is 7.02. The first-order chi connectivity index (χ1) is 15.5. The van der Waals surface area contributed by atoms with Crippen molar-refractivity contribution in [3.63, 3.8) is 0 Å². The Morgan fingerprint density at radius 1 is 0.844 bits per heavy atom. The Labute approximate surface area is 185 Å². The van der Waals surface area contributed by atoms with Gasteiger partial charge in [0, 0.05) is 5.56 Å². The van der Waals surface area contributed by atoms with Crippen LogP contribution in [0.15, 0.2) is 66.7 Å². The Balaban J connectivity index is 1.58. The molecule has 1 heterocycles. The monoisotopic (exact) mass is 430 g/mol. The van der Waals surface area contributed by atoms with Gasteiger partial charge in [0.15, 0.2) is 0 Å². The molecule has 0 unspecified atom stereocenters. The van der Waals surface area contributed by atoms with Gasteiger partial charge < -0.3 is 14.8 Å². The first kappa shape index (κ1) is 21.1. The van der Waals surface area contributed by atoms with Gasteiger partial charge in [-0.05, 0) is 68.4 Å². The summed E-state index contributed by atoms with van der Waals surface area (Å²) < 4.78 is 10.9. The van der Waals surface area contributed by atoms with Gasteiger partial charge in [-0.1, -0.05) is 12.1 Å². The van der Waals surface area contributed by atoms with E-state index < -0.39 is 17.7 Å². The average Bonchev–Trinajstić information content (AvgIpc) is 3.05. The summed E-state index contributed by atoms with van der Waals surface area (Å²) in [6.45, 7) is 4.72. The van der Waals surface area contributed by atoms with E-state index >= 15 is 0 Å². The van der Waals surface area contributed by atoms with Crippen LogP contribution in [0.25, 0.3) is 0 Å². The number of amides is 3. The van der Waals surface area contributed by atoms with Gasteiger partial charge in [0.1, 0.15) is 11.5 Å². The quantitative estimate of drug-likeness (QED) is 0.557. The Morgan fingerprint density at radius 2 is 1.53 bits per heavy atom. The highest BCUT2D eigenvalue weighted by molar-refractivity contribution is 6.34. The molecule has 0 saturated carbocycles. The van der Waals surface area contributed by atoms with Gasteiger partial charge in [0.25, 0.3) is 17.7 Å². The molecule has 3 aromatic carbocycles. The Morgan fingerprint density at radius 3 is 2.25 bits per heavy atom. The first-order valence-corrected chi connectivity index (χ1v) is 10.3. The zero-order valence-electron chi connectivity index (χ0n) is 17.8. The third-order valence-electron chi connectivity index (χ3n) is 4.99. The maximum atomic E-state index is 13.0. The molecule has 1 N–H and O–H groups in total. The van der Waals surface area contributed by atoms with E-state index in [1.807, 2.05) is 19.9 Å². The zero-order chi connectivity index (χ0) is 22.7. The van der Waals surface area contributed by atoms with E-state index in [0.29, 0.717) is 36.1 Å². The third-order valence-corrected chi connectivity index (χ3v) is 4.99. The number of fused-ring (bicyclic) bond motifs is 1. The average molecular weight is 430 g/mol.